The molecule has 0 saturated heterocycles. The number of benzene rings is 3. The van der Waals surface area contributed by atoms with Crippen molar-refractivity contribution < 1.29 is 13.5 Å². The summed E-state index contributed by atoms with van der Waals surface area (Å²) in [6.07, 6.45) is 0. The molecular formula is C24H19F2NO. The van der Waals surface area contributed by atoms with Crippen LogP contribution in [0.1, 0.15) is 11.1 Å². The number of hydrogen-bond acceptors (Lipinski definition) is 2. The molecule has 0 saturated carbocycles. The van der Waals surface area contributed by atoms with E-state index in [4.69, 9.17) is 4.74 Å². The second-order valence-electron chi connectivity index (χ2n) is 6.81. The fraction of sp³-hybridized carbons (Fsp3) is 0.125. The van der Waals surface area contributed by atoms with E-state index in [0.29, 0.717) is 28.9 Å². The minimum Gasteiger partial charge on any atom is -0.380 e. The standard InChI is InChI=1S/C24H19F2NO/c1-15-11-24(27-23-10-8-19(25)13-21(15)23)18-7-9-20(22(26)12-18)17-5-3-16(4-6-17)14-28-2/h3-13H,14H2,1-2H3. The van der Waals surface area contributed by atoms with Crippen molar-refractivity contribution in [3.63, 3.8) is 0 Å². The number of rotatable bonds is 4. The number of aromatic nitrogens is 1. The van der Waals surface area contributed by atoms with Crippen LogP contribution >= 0.6 is 0 Å². The number of aryl methyl sites for hydroxylation is 1. The van der Waals surface area contributed by atoms with Crippen LogP contribution < -0.4 is 0 Å². The molecule has 1 aromatic heterocycles. The van der Waals surface area contributed by atoms with Crippen molar-refractivity contribution >= 4 is 10.9 Å². The van der Waals surface area contributed by atoms with E-state index in [1.165, 1.54) is 18.2 Å². The van der Waals surface area contributed by atoms with E-state index < -0.39 is 0 Å². The molecule has 3 aromatic carbocycles. The van der Waals surface area contributed by atoms with Crippen molar-refractivity contribution in [1.29, 1.82) is 0 Å². The molecule has 140 valence electrons. The Morgan fingerprint density at radius 1 is 0.857 bits per heavy atom. The predicted molar refractivity (Wildman–Crippen MR) is 108 cm³/mol. The number of fused-ring (bicyclic) bond motifs is 1. The maximum atomic E-state index is 14.8. The fourth-order valence-corrected chi connectivity index (χ4v) is 3.37. The van der Waals surface area contributed by atoms with Crippen LogP contribution in [0, 0.1) is 18.6 Å². The van der Waals surface area contributed by atoms with Gasteiger partial charge in [0.2, 0.25) is 0 Å². The van der Waals surface area contributed by atoms with Gasteiger partial charge >= 0.3 is 0 Å². The van der Waals surface area contributed by atoms with E-state index >= 15 is 0 Å². The average Bonchev–Trinajstić information content (AvgIpc) is 2.69. The molecule has 0 aliphatic rings. The number of hydrogen-bond donors (Lipinski definition) is 0. The Hall–Kier alpha value is -3.11. The van der Waals surface area contributed by atoms with E-state index in [0.717, 1.165) is 22.1 Å². The van der Waals surface area contributed by atoms with Crippen LogP contribution in [0.25, 0.3) is 33.3 Å². The van der Waals surface area contributed by atoms with Crippen LogP contribution in [0.5, 0.6) is 0 Å². The zero-order valence-corrected chi connectivity index (χ0v) is 15.7. The number of nitrogens with zero attached hydrogens (tertiary/aromatic N) is 1. The second kappa shape index (κ2) is 7.49. The highest BCUT2D eigenvalue weighted by molar-refractivity contribution is 5.85. The van der Waals surface area contributed by atoms with Gasteiger partial charge in [0, 0.05) is 23.6 Å². The summed E-state index contributed by atoms with van der Waals surface area (Å²) >= 11 is 0. The van der Waals surface area contributed by atoms with Gasteiger partial charge in [-0.05, 0) is 53.9 Å². The molecule has 0 radical (unpaired) electrons. The Balaban J connectivity index is 1.71. The maximum absolute atomic E-state index is 14.8. The van der Waals surface area contributed by atoms with Crippen LogP contribution in [-0.4, -0.2) is 12.1 Å². The molecule has 4 rings (SSSR count). The van der Waals surface area contributed by atoms with Crippen molar-refractivity contribution in [2.45, 2.75) is 13.5 Å². The van der Waals surface area contributed by atoms with Gasteiger partial charge < -0.3 is 4.74 Å². The summed E-state index contributed by atoms with van der Waals surface area (Å²) in [5.74, 6) is -0.604. The summed E-state index contributed by atoms with van der Waals surface area (Å²) < 4.78 is 33.4. The number of ether oxygens (including phenoxy) is 1. The smallest absolute Gasteiger partial charge is 0.131 e. The zero-order chi connectivity index (χ0) is 19.7. The second-order valence-corrected chi connectivity index (χ2v) is 6.81. The van der Waals surface area contributed by atoms with Gasteiger partial charge in [0.1, 0.15) is 11.6 Å². The topological polar surface area (TPSA) is 22.1 Å². The minimum atomic E-state index is -0.310. The molecule has 4 aromatic rings. The monoisotopic (exact) mass is 375 g/mol. The predicted octanol–water partition coefficient (Wildman–Crippen LogP) is 6.30. The molecular weight excluding hydrogens is 356 g/mol. The molecule has 0 fully saturated rings. The molecule has 0 N–H and O–H groups in total. The third-order valence-electron chi connectivity index (χ3n) is 4.82. The number of methoxy groups -OCH3 is 1. The summed E-state index contributed by atoms with van der Waals surface area (Å²) in [4.78, 5) is 4.58. The highest BCUT2D eigenvalue weighted by atomic mass is 19.1. The van der Waals surface area contributed by atoms with Crippen molar-refractivity contribution in [2.75, 3.05) is 7.11 Å². The summed E-state index contributed by atoms with van der Waals surface area (Å²) in [5, 5.41) is 0.761. The summed E-state index contributed by atoms with van der Waals surface area (Å²) in [6.45, 7) is 2.43. The van der Waals surface area contributed by atoms with Crippen LogP contribution in [0.3, 0.4) is 0 Å². The molecule has 1 heterocycles. The summed E-state index contributed by atoms with van der Waals surface area (Å²) in [6, 6.07) is 19.1. The van der Waals surface area contributed by atoms with Crippen molar-refractivity contribution in [2.24, 2.45) is 0 Å². The first-order chi connectivity index (χ1) is 13.5. The SMILES string of the molecule is COCc1ccc(-c2ccc(-c3cc(C)c4cc(F)ccc4n3)cc2F)cc1. The third-order valence-corrected chi connectivity index (χ3v) is 4.82. The summed E-state index contributed by atoms with van der Waals surface area (Å²) in [7, 11) is 1.64. The molecule has 0 amide bonds. The number of halogens is 2. The van der Waals surface area contributed by atoms with E-state index in [2.05, 4.69) is 4.98 Å². The maximum Gasteiger partial charge on any atom is 0.131 e. The highest BCUT2D eigenvalue weighted by Crippen LogP contribution is 2.30. The Morgan fingerprint density at radius 3 is 2.32 bits per heavy atom. The lowest BCUT2D eigenvalue weighted by Gasteiger charge is -2.10. The van der Waals surface area contributed by atoms with Gasteiger partial charge in [-0.25, -0.2) is 13.8 Å². The normalized spacial score (nSPS) is 11.1. The Bertz CT molecular complexity index is 1150. The molecule has 0 unspecified atom stereocenters. The van der Waals surface area contributed by atoms with Gasteiger partial charge in [-0.1, -0.05) is 36.4 Å². The lowest BCUT2D eigenvalue weighted by atomic mass is 9.99. The van der Waals surface area contributed by atoms with Gasteiger partial charge in [-0.2, -0.15) is 0 Å². The van der Waals surface area contributed by atoms with Gasteiger partial charge in [0.05, 0.1) is 17.8 Å². The first kappa shape index (κ1) is 18.3. The van der Waals surface area contributed by atoms with Crippen LogP contribution in [0.15, 0.2) is 66.7 Å². The van der Waals surface area contributed by atoms with Crippen molar-refractivity contribution in [1.82, 2.24) is 4.98 Å². The Kier molecular flexibility index (Phi) is 4.88. The molecule has 2 nitrogen and oxygen atoms in total. The highest BCUT2D eigenvalue weighted by Gasteiger charge is 2.11. The quantitative estimate of drug-likeness (QED) is 0.417. The van der Waals surface area contributed by atoms with E-state index in [1.54, 1.807) is 19.2 Å². The van der Waals surface area contributed by atoms with Crippen molar-refractivity contribution in [3.05, 3.63) is 89.5 Å². The van der Waals surface area contributed by atoms with Crippen LogP contribution in [-0.2, 0) is 11.3 Å². The van der Waals surface area contributed by atoms with E-state index in [9.17, 15) is 8.78 Å². The van der Waals surface area contributed by atoms with Crippen molar-refractivity contribution in [3.8, 4) is 22.4 Å². The first-order valence-electron chi connectivity index (χ1n) is 9.00. The number of pyridine rings is 1. The molecule has 28 heavy (non-hydrogen) atoms. The lowest BCUT2D eigenvalue weighted by Crippen LogP contribution is -1.92. The van der Waals surface area contributed by atoms with Gasteiger partial charge in [0.15, 0.2) is 0 Å². The fourth-order valence-electron chi connectivity index (χ4n) is 3.37. The third kappa shape index (κ3) is 3.51. The molecule has 0 atom stereocenters. The van der Waals surface area contributed by atoms with Crippen LogP contribution in [0.4, 0.5) is 8.78 Å². The van der Waals surface area contributed by atoms with Gasteiger partial charge in [-0.3, -0.25) is 0 Å². The Labute approximate surface area is 162 Å². The molecule has 0 aliphatic heterocycles. The minimum absolute atomic E-state index is 0.294. The van der Waals surface area contributed by atoms with Crippen LogP contribution in [0.2, 0.25) is 0 Å². The zero-order valence-electron chi connectivity index (χ0n) is 15.7. The first-order valence-corrected chi connectivity index (χ1v) is 9.00. The summed E-state index contributed by atoms with van der Waals surface area (Å²) in [5.41, 5.74) is 5.32. The lowest BCUT2D eigenvalue weighted by molar-refractivity contribution is 0.185. The Morgan fingerprint density at radius 2 is 1.61 bits per heavy atom. The van der Waals surface area contributed by atoms with Gasteiger partial charge in [-0.15, -0.1) is 0 Å². The molecule has 0 spiro atoms. The van der Waals surface area contributed by atoms with E-state index in [-0.39, 0.29) is 11.6 Å². The molecule has 4 heteroatoms. The van der Waals surface area contributed by atoms with Gasteiger partial charge in [0.25, 0.3) is 0 Å². The average molecular weight is 375 g/mol. The van der Waals surface area contributed by atoms with E-state index in [1.807, 2.05) is 43.3 Å². The molecule has 0 bridgehead atoms. The largest absolute Gasteiger partial charge is 0.380 e. The molecule has 0 aliphatic carbocycles.